The molecule has 6 atom stereocenters. The third kappa shape index (κ3) is 1.97. The van der Waals surface area contributed by atoms with Crippen molar-refractivity contribution in [3.63, 3.8) is 0 Å². The summed E-state index contributed by atoms with van der Waals surface area (Å²) in [5.74, 6) is -0.406. The van der Waals surface area contributed by atoms with Gasteiger partial charge >= 0.3 is 0 Å². The smallest absolute Gasteiger partial charge is 0.247 e. The lowest BCUT2D eigenvalue weighted by molar-refractivity contribution is -0.137. The number of rotatable bonds is 3. The van der Waals surface area contributed by atoms with Crippen molar-refractivity contribution in [1.82, 2.24) is 10.3 Å². The number of carbonyl (C=O) groups is 2. The van der Waals surface area contributed by atoms with Crippen LogP contribution in [-0.2, 0) is 14.3 Å². The molecule has 0 radical (unpaired) electrons. The van der Waals surface area contributed by atoms with Crippen molar-refractivity contribution in [2.45, 2.75) is 58.7 Å². The Morgan fingerprint density at radius 2 is 2.19 bits per heavy atom. The normalized spacial score (nSPS) is 47.3. The predicted octanol–water partition coefficient (Wildman–Crippen LogP) is 2.11. The second-order valence-corrected chi connectivity index (χ2v) is 9.78. The Kier molecular flexibility index (Phi) is 3.37. The lowest BCUT2D eigenvalue weighted by atomic mass is 9.70. The van der Waals surface area contributed by atoms with Crippen LogP contribution >= 0.6 is 0 Å². The van der Waals surface area contributed by atoms with Crippen LogP contribution in [0.2, 0.25) is 0 Å². The largest absolute Gasteiger partial charge is 0.360 e. The molecule has 27 heavy (non-hydrogen) atoms. The highest BCUT2D eigenvalue weighted by Crippen LogP contribution is 2.64. The molecule has 2 saturated heterocycles. The minimum absolute atomic E-state index is 0.0326. The number of amides is 2. The van der Waals surface area contributed by atoms with E-state index in [1.807, 2.05) is 19.1 Å². The van der Waals surface area contributed by atoms with E-state index in [0.29, 0.717) is 19.0 Å². The van der Waals surface area contributed by atoms with Crippen LogP contribution in [0, 0.1) is 28.6 Å². The van der Waals surface area contributed by atoms with E-state index in [-0.39, 0.29) is 28.7 Å². The first-order chi connectivity index (χ1) is 12.7. The van der Waals surface area contributed by atoms with Gasteiger partial charge in [0.2, 0.25) is 11.8 Å². The second kappa shape index (κ2) is 5.22. The zero-order chi connectivity index (χ0) is 19.2. The lowest BCUT2D eigenvalue weighted by Crippen LogP contribution is -2.43. The summed E-state index contributed by atoms with van der Waals surface area (Å²) >= 11 is 0. The highest BCUT2D eigenvalue weighted by atomic mass is 16.5. The SMILES string of the molecule is CCN1CC23C=CC(O2)C(C(=O)N/N=C2\C[C@H]4CC[C@]2(C)C4(C)C)C3C1=O. The number of nitrogens with one attached hydrogen (secondary N) is 1. The summed E-state index contributed by atoms with van der Waals surface area (Å²) in [4.78, 5) is 27.6. The van der Waals surface area contributed by atoms with Gasteiger partial charge in [-0.2, -0.15) is 5.10 Å². The van der Waals surface area contributed by atoms with E-state index in [1.165, 1.54) is 6.42 Å². The number of carbonyl (C=O) groups excluding carboxylic acids is 2. The van der Waals surface area contributed by atoms with Crippen LogP contribution in [-0.4, -0.2) is 47.2 Å². The summed E-state index contributed by atoms with van der Waals surface area (Å²) in [6.45, 7) is 10.1. The molecule has 2 amide bonds. The van der Waals surface area contributed by atoms with Crippen LogP contribution in [0.5, 0.6) is 0 Å². The molecule has 3 aliphatic heterocycles. The van der Waals surface area contributed by atoms with Gasteiger partial charge in [-0.05, 0) is 37.5 Å². The fraction of sp³-hybridized carbons (Fsp3) is 0.762. The number of likely N-dealkylation sites (tertiary alicyclic amines) is 1. The lowest BCUT2D eigenvalue weighted by Gasteiger charge is -2.34. The summed E-state index contributed by atoms with van der Waals surface area (Å²) in [5.41, 5.74) is 3.60. The average Bonchev–Trinajstić information content (AvgIpc) is 3.36. The maximum Gasteiger partial charge on any atom is 0.247 e. The molecule has 2 saturated carbocycles. The van der Waals surface area contributed by atoms with Gasteiger partial charge in [0.15, 0.2) is 0 Å². The maximum absolute atomic E-state index is 13.0. The van der Waals surface area contributed by atoms with Crippen LogP contribution < -0.4 is 5.43 Å². The molecule has 0 aromatic heterocycles. The summed E-state index contributed by atoms with van der Waals surface area (Å²) in [6.07, 6.45) is 6.96. The molecule has 5 rings (SSSR count). The van der Waals surface area contributed by atoms with Crippen LogP contribution in [0.3, 0.4) is 0 Å². The predicted molar refractivity (Wildman–Crippen MR) is 101 cm³/mol. The number of likely N-dealkylation sites (N-methyl/N-ethyl adjacent to an activating group) is 1. The topological polar surface area (TPSA) is 71.0 Å². The number of hydrogen-bond donors (Lipinski definition) is 1. The summed E-state index contributed by atoms with van der Waals surface area (Å²) in [6, 6.07) is 0. The number of nitrogens with zero attached hydrogens (tertiary/aromatic N) is 2. The van der Waals surface area contributed by atoms with Gasteiger partial charge < -0.3 is 9.64 Å². The van der Waals surface area contributed by atoms with Crippen molar-refractivity contribution >= 4 is 17.5 Å². The quantitative estimate of drug-likeness (QED) is 0.610. The van der Waals surface area contributed by atoms with Crippen molar-refractivity contribution < 1.29 is 14.3 Å². The minimum atomic E-state index is -0.618. The standard InChI is InChI=1S/C21H29N3O3/c1-5-24-11-21-9-7-13(27-21)15(16(21)18(24)26)17(25)23-22-14-10-12-6-8-20(14,4)19(12,2)3/h7,9,12-13,15-16H,5-6,8,10-11H2,1-4H3,(H,23,25)/b22-14+/t12-,13?,15?,16?,20+,21?/m1/s1. The van der Waals surface area contributed by atoms with Crippen molar-refractivity contribution in [2.24, 2.45) is 33.7 Å². The highest BCUT2D eigenvalue weighted by Gasteiger charge is 2.66. The van der Waals surface area contributed by atoms with E-state index in [1.54, 1.807) is 4.90 Å². The highest BCUT2D eigenvalue weighted by molar-refractivity contribution is 5.96. The van der Waals surface area contributed by atoms with Gasteiger partial charge in [-0.25, -0.2) is 5.43 Å². The van der Waals surface area contributed by atoms with Crippen molar-refractivity contribution in [3.05, 3.63) is 12.2 Å². The Morgan fingerprint density at radius 3 is 2.81 bits per heavy atom. The minimum Gasteiger partial charge on any atom is -0.360 e. The van der Waals surface area contributed by atoms with Gasteiger partial charge in [-0.15, -0.1) is 0 Å². The van der Waals surface area contributed by atoms with Crippen LogP contribution in [0.25, 0.3) is 0 Å². The molecule has 1 spiro atoms. The monoisotopic (exact) mass is 371 g/mol. The van der Waals surface area contributed by atoms with Gasteiger partial charge in [-0.3, -0.25) is 9.59 Å². The van der Waals surface area contributed by atoms with E-state index in [0.717, 1.165) is 18.6 Å². The summed E-state index contributed by atoms with van der Waals surface area (Å²) in [7, 11) is 0. The molecule has 4 unspecified atom stereocenters. The molecule has 5 aliphatic rings. The van der Waals surface area contributed by atoms with Gasteiger partial charge in [0, 0.05) is 17.7 Å². The average molecular weight is 371 g/mol. The number of hydrogen-bond acceptors (Lipinski definition) is 4. The molecular formula is C21H29N3O3. The van der Waals surface area contributed by atoms with Gasteiger partial charge in [0.05, 0.1) is 24.5 Å². The van der Waals surface area contributed by atoms with Crippen LogP contribution in [0.4, 0.5) is 0 Å². The molecule has 0 aromatic rings. The summed E-state index contributed by atoms with van der Waals surface area (Å²) in [5, 5.41) is 4.59. The first kappa shape index (κ1) is 17.4. The van der Waals surface area contributed by atoms with Crippen molar-refractivity contribution in [2.75, 3.05) is 13.1 Å². The third-order valence-electron chi connectivity index (χ3n) is 8.68. The zero-order valence-electron chi connectivity index (χ0n) is 16.6. The van der Waals surface area contributed by atoms with E-state index in [2.05, 4.69) is 31.3 Å². The molecule has 0 aromatic carbocycles. The van der Waals surface area contributed by atoms with E-state index < -0.39 is 17.4 Å². The molecule has 6 nitrogen and oxygen atoms in total. The van der Waals surface area contributed by atoms with Crippen molar-refractivity contribution in [1.29, 1.82) is 0 Å². The third-order valence-corrected chi connectivity index (χ3v) is 8.68. The molecule has 4 fully saturated rings. The van der Waals surface area contributed by atoms with E-state index in [4.69, 9.17) is 4.74 Å². The Balaban J connectivity index is 1.37. The first-order valence-corrected chi connectivity index (χ1v) is 10.3. The zero-order valence-corrected chi connectivity index (χ0v) is 16.6. The van der Waals surface area contributed by atoms with E-state index in [9.17, 15) is 9.59 Å². The van der Waals surface area contributed by atoms with Crippen LogP contribution in [0.15, 0.2) is 17.3 Å². The second-order valence-electron chi connectivity index (χ2n) is 9.78. The molecule has 3 heterocycles. The molecule has 6 heteroatoms. The Bertz CT molecular complexity index is 788. The maximum atomic E-state index is 13.0. The molecule has 4 bridgehead atoms. The Labute approximate surface area is 160 Å². The fourth-order valence-corrected chi connectivity index (χ4v) is 6.44. The molecule has 146 valence electrons. The molecular weight excluding hydrogens is 342 g/mol. The molecule has 2 aliphatic carbocycles. The Hall–Kier alpha value is -1.69. The fourth-order valence-electron chi connectivity index (χ4n) is 6.44. The number of hydrazone groups is 1. The van der Waals surface area contributed by atoms with Gasteiger partial charge in [0.25, 0.3) is 0 Å². The number of ether oxygens (including phenoxy) is 1. The van der Waals surface area contributed by atoms with Crippen molar-refractivity contribution in [3.8, 4) is 0 Å². The Morgan fingerprint density at radius 1 is 1.41 bits per heavy atom. The van der Waals surface area contributed by atoms with Crippen LogP contribution in [0.1, 0.15) is 47.0 Å². The van der Waals surface area contributed by atoms with Gasteiger partial charge in [0.1, 0.15) is 5.60 Å². The molecule has 1 N–H and O–H groups in total. The summed E-state index contributed by atoms with van der Waals surface area (Å²) < 4.78 is 6.11. The van der Waals surface area contributed by atoms with E-state index >= 15 is 0 Å². The first-order valence-electron chi connectivity index (χ1n) is 10.3. The number of fused-ring (bicyclic) bond motifs is 3. The van der Waals surface area contributed by atoms with Gasteiger partial charge in [-0.1, -0.05) is 32.9 Å².